The second-order valence-corrected chi connectivity index (χ2v) is 6.31. The maximum absolute atomic E-state index is 6.18. The standard InChI is InChI=1S/C20H18ClNO4/c1-23-18-6-3-14(9-16(18)21)17-7-4-15(26-17)11-22-10-13-2-5-19-20(8-13)25-12-24-19/h2-9,22H,10-12H2,1H3. The van der Waals surface area contributed by atoms with Gasteiger partial charge >= 0.3 is 0 Å². The Balaban J connectivity index is 1.37. The molecule has 0 bridgehead atoms. The van der Waals surface area contributed by atoms with Crippen LogP contribution in [0.1, 0.15) is 11.3 Å². The van der Waals surface area contributed by atoms with Crippen LogP contribution in [-0.2, 0) is 13.1 Å². The minimum atomic E-state index is 0.288. The van der Waals surface area contributed by atoms with Gasteiger partial charge in [-0.15, -0.1) is 0 Å². The fourth-order valence-electron chi connectivity index (χ4n) is 2.83. The number of methoxy groups -OCH3 is 1. The van der Waals surface area contributed by atoms with Gasteiger partial charge in [-0.05, 0) is 48.0 Å². The van der Waals surface area contributed by atoms with Gasteiger partial charge in [0.05, 0.1) is 18.7 Å². The largest absolute Gasteiger partial charge is 0.495 e. The van der Waals surface area contributed by atoms with Crippen LogP contribution < -0.4 is 19.5 Å². The van der Waals surface area contributed by atoms with Crippen LogP contribution in [0, 0.1) is 0 Å². The average molecular weight is 372 g/mol. The van der Waals surface area contributed by atoms with Crippen LogP contribution in [0.25, 0.3) is 11.3 Å². The highest BCUT2D eigenvalue weighted by Gasteiger charge is 2.13. The maximum Gasteiger partial charge on any atom is 0.231 e. The number of fused-ring (bicyclic) bond motifs is 1. The number of rotatable bonds is 6. The van der Waals surface area contributed by atoms with Crippen molar-refractivity contribution in [2.24, 2.45) is 0 Å². The van der Waals surface area contributed by atoms with Gasteiger partial charge in [-0.2, -0.15) is 0 Å². The predicted molar refractivity (Wildman–Crippen MR) is 98.8 cm³/mol. The van der Waals surface area contributed by atoms with Crippen molar-refractivity contribution < 1.29 is 18.6 Å². The van der Waals surface area contributed by atoms with E-state index in [1.54, 1.807) is 7.11 Å². The molecular weight excluding hydrogens is 354 g/mol. The fourth-order valence-corrected chi connectivity index (χ4v) is 3.09. The number of nitrogens with one attached hydrogen (secondary N) is 1. The highest BCUT2D eigenvalue weighted by Crippen LogP contribution is 2.33. The van der Waals surface area contributed by atoms with E-state index >= 15 is 0 Å². The number of ether oxygens (including phenoxy) is 3. The second kappa shape index (κ2) is 7.32. The number of benzene rings is 2. The Hall–Kier alpha value is -2.63. The van der Waals surface area contributed by atoms with Crippen LogP contribution in [0.2, 0.25) is 5.02 Å². The van der Waals surface area contributed by atoms with Gasteiger partial charge in [-0.3, -0.25) is 0 Å². The summed E-state index contributed by atoms with van der Waals surface area (Å²) in [6.45, 7) is 1.62. The molecule has 1 aromatic heterocycles. The van der Waals surface area contributed by atoms with Crippen molar-refractivity contribution in [3.05, 3.63) is 64.9 Å². The molecule has 4 rings (SSSR count). The van der Waals surface area contributed by atoms with Gasteiger partial charge in [0.1, 0.15) is 17.3 Å². The maximum atomic E-state index is 6.18. The highest BCUT2D eigenvalue weighted by atomic mass is 35.5. The predicted octanol–water partition coefficient (Wildman–Crippen LogP) is 4.63. The van der Waals surface area contributed by atoms with Crippen molar-refractivity contribution >= 4 is 11.6 Å². The first-order chi connectivity index (χ1) is 12.7. The minimum absolute atomic E-state index is 0.288. The second-order valence-electron chi connectivity index (χ2n) is 5.91. The molecule has 5 nitrogen and oxygen atoms in total. The van der Waals surface area contributed by atoms with Crippen LogP contribution in [0.4, 0.5) is 0 Å². The first kappa shape index (κ1) is 16.8. The zero-order valence-electron chi connectivity index (χ0n) is 14.3. The molecule has 2 heterocycles. The summed E-state index contributed by atoms with van der Waals surface area (Å²) in [4.78, 5) is 0. The molecule has 134 valence electrons. The summed E-state index contributed by atoms with van der Waals surface area (Å²) in [5.74, 6) is 3.86. The van der Waals surface area contributed by atoms with Gasteiger partial charge < -0.3 is 23.9 Å². The number of hydrogen-bond donors (Lipinski definition) is 1. The molecule has 6 heteroatoms. The van der Waals surface area contributed by atoms with E-state index in [1.807, 2.05) is 48.5 Å². The Morgan fingerprint density at radius 1 is 1.00 bits per heavy atom. The molecule has 1 N–H and O–H groups in total. The Labute approximate surface area is 156 Å². The summed E-state index contributed by atoms with van der Waals surface area (Å²) in [6, 6.07) is 15.4. The Bertz CT molecular complexity index is 922. The molecule has 0 saturated heterocycles. The lowest BCUT2D eigenvalue weighted by Gasteiger charge is -2.05. The van der Waals surface area contributed by atoms with Crippen molar-refractivity contribution in [2.45, 2.75) is 13.1 Å². The van der Waals surface area contributed by atoms with Gasteiger partial charge in [0, 0.05) is 12.1 Å². The van der Waals surface area contributed by atoms with Crippen molar-refractivity contribution in [2.75, 3.05) is 13.9 Å². The summed E-state index contributed by atoms with van der Waals surface area (Å²) in [5.41, 5.74) is 2.04. The smallest absolute Gasteiger partial charge is 0.231 e. The fraction of sp³-hybridized carbons (Fsp3) is 0.200. The van der Waals surface area contributed by atoms with E-state index in [-0.39, 0.29) is 6.79 Å². The molecule has 0 spiro atoms. The molecule has 26 heavy (non-hydrogen) atoms. The van der Waals surface area contributed by atoms with E-state index in [9.17, 15) is 0 Å². The third kappa shape index (κ3) is 3.49. The zero-order valence-corrected chi connectivity index (χ0v) is 15.0. The van der Waals surface area contributed by atoms with Crippen LogP contribution >= 0.6 is 11.6 Å². The van der Waals surface area contributed by atoms with E-state index in [2.05, 4.69) is 5.32 Å². The highest BCUT2D eigenvalue weighted by molar-refractivity contribution is 6.32. The third-order valence-corrected chi connectivity index (χ3v) is 4.46. The topological polar surface area (TPSA) is 52.9 Å². The Kier molecular flexibility index (Phi) is 4.73. The molecule has 0 saturated carbocycles. The van der Waals surface area contributed by atoms with E-state index in [0.717, 1.165) is 34.1 Å². The van der Waals surface area contributed by atoms with E-state index in [0.29, 0.717) is 23.9 Å². The molecule has 3 aromatic rings. The lowest BCUT2D eigenvalue weighted by atomic mass is 10.2. The minimum Gasteiger partial charge on any atom is -0.495 e. The summed E-state index contributed by atoms with van der Waals surface area (Å²) in [6.07, 6.45) is 0. The number of hydrogen-bond acceptors (Lipinski definition) is 5. The van der Waals surface area contributed by atoms with E-state index < -0.39 is 0 Å². The molecule has 2 aromatic carbocycles. The first-order valence-electron chi connectivity index (χ1n) is 8.25. The molecular formula is C20H18ClNO4. The quantitative estimate of drug-likeness (QED) is 0.684. The van der Waals surface area contributed by atoms with Gasteiger partial charge in [0.25, 0.3) is 0 Å². The molecule has 0 radical (unpaired) electrons. The summed E-state index contributed by atoms with van der Waals surface area (Å²) < 4.78 is 21.8. The van der Waals surface area contributed by atoms with E-state index in [1.165, 1.54) is 0 Å². The van der Waals surface area contributed by atoms with Crippen molar-refractivity contribution in [1.29, 1.82) is 0 Å². The van der Waals surface area contributed by atoms with Crippen molar-refractivity contribution in [1.82, 2.24) is 5.32 Å². The van der Waals surface area contributed by atoms with Crippen LogP contribution in [0.3, 0.4) is 0 Å². The van der Waals surface area contributed by atoms with Crippen LogP contribution in [0.15, 0.2) is 52.9 Å². The van der Waals surface area contributed by atoms with Gasteiger partial charge in [0.15, 0.2) is 11.5 Å². The number of furan rings is 1. The lowest BCUT2D eigenvalue weighted by molar-refractivity contribution is 0.174. The van der Waals surface area contributed by atoms with Gasteiger partial charge in [-0.25, -0.2) is 0 Å². The van der Waals surface area contributed by atoms with E-state index in [4.69, 9.17) is 30.2 Å². The molecule has 1 aliphatic heterocycles. The lowest BCUT2D eigenvalue weighted by Crippen LogP contribution is -2.11. The van der Waals surface area contributed by atoms with Crippen molar-refractivity contribution in [3.8, 4) is 28.6 Å². The molecule has 0 aliphatic carbocycles. The Morgan fingerprint density at radius 2 is 1.88 bits per heavy atom. The molecule has 0 atom stereocenters. The number of halogens is 1. The first-order valence-corrected chi connectivity index (χ1v) is 8.62. The normalized spacial score (nSPS) is 12.4. The summed E-state index contributed by atoms with van der Waals surface area (Å²) in [5, 5.41) is 3.93. The zero-order chi connectivity index (χ0) is 17.9. The van der Waals surface area contributed by atoms with Crippen molar-refractivity contribution in [3.63, 3.8) is 0 Å². The average Bonchev–Trinajstić information content (AvgIpc) is 3.30. The third-order valence-electron chi connectivity index (χ3n) is 4.16. The monoisotopic (exact) mass is 371 g/mol. The molecule has 0 amide bonds. The Morgan fingerprint density at radius 3 is 2.73 bits per heavy atom. The SMILES string of the molecule is COc1ccc(-c2ccc(CNCc3ccc4c(c3)OCO4)o2)cc1Cl. The summed E-state index contributed by atoms with van der Waals surface area (Å²) in [7, 11) is 1.59. The molecule has 0 fully saturated rings. The van der Waals surface area contributed by atoms with Crippen LogP contribution in [0.5, 0.6) is 17.2 Å². The summed E-state index contributed by atoms with van der Waals surface area (Å²) >= 11 is 6.18. The van der Waals surface area contributed by atoms with Gasteiger partial charge in [0.2, 0.25) is 6.79 Å². The van der Waals surface area contributed by atoms with Gasteiger partial charge in [-0.1, -0.05) is 17.7 Å². The van der Waals surface area contributed by atoms with Crippen LogP contribution in [-0.4, -0.2) is 13.9 Å². The molecule has 1 aliphatic rings. The molecule has 0 unspecified atom stereocenters.